The summed E-state index contributed by atoms with van der Waals surface area (Å²) in [5.74, 6) is 0.724. The third kappa shape index (κ3) is 3.41. The van der Waals surface area contributed by atoms with E-state index in [1.165, 1.54) is 84.1 Å². The Morgan fingerprint density at radius 3 is 2.46 bits per heavy atom. The van der Waals surface area contributed by atoms with Gasteiger partial charge in [-0.05, 0) is 86.8 Å². The quantitative estimate of drug-likeness (QED) is 0.526. The van der Waals surface area contributed by atoms with Crippen LogP contribution in [0.2, 0.25) is 0 Å². The van der Waals surface area contributed by atoms with Crippen molar-refractivity contribution in [1.29, 1.82) is 0 Å². The molecule has 2 aliphatic rings. The number of hydrogen-bond acceptors (Lipinski definition) is 2. The first-order valence-electron chi connectivity index (χ1n) is 11.1. The van der Waals surface area contributed by atoms with Gasteiger partial charge in [0.25, 0.3) is 0 Å². The van der Waals surface area contributed by atoms with E-state index in [1.807, 2.05) is 0 Å². The number of nitrogens with one attached hydrogen (secondary N) is 1. The van der Waals surface area contributed by atoms with Gasteiger partial charge in [-0.2, -0.15) is 0 Å². The van der Waals surface area contributed by atoms with Gasteiger partial charge in [-0.25, -0.2) is 0 Å². The number of aryl methyl sites for hydroxylation is 2. The van der Waals surface area contributed by atoms with Crippen LogP contribution in [-0.2, 0) is 12.8 Å². The van der Waals surface area contributed by atoms with Crippen molar-refractivity contribution >= 4 is 22.3 Å². The first kappa shape index (κ1) is 17.7. The van der Waals surface area contributed by atoms with Gasteiger partial charge in [0.1, 0.15) is 0 Å². The normalized spacial score (nSPS) is 17.5. The Labute approximate surface area is 168 Å². The summed E-state index contributed by atoms with van der Waals surface area (Å²) in [5.41, 5.74) is 9.19. The van der Waals surface area contributed by atoms with E-state index >= 15 is 0 Å². The van der Waals surface area contributed by atoms with Crippen molar-refractivity contribution < 1.29 is 0 Å². The molecule has 1 N–H and O–H groups in total. The molecule has 1 fully saturated rings. The predicted molar refractivity (Wildman–Crippen MR) is 119 cm³/mol. The van der Waals surface area contributed by atoms with E-state index in [-0.39, 0.29) is 0 Å². The number of rotatable bonds is 3. The summed E-state index contributed by atoms with van der Waals surface area (Å²) >= 11 is 0. The minimum absolute atomic E-state index is 0.724. The van der Waals surface area contributed by atoms with Crippen LogP contribution < -0.4 is 5.32 Å². The van der Waals surface area contributed by atoms with Crippen LogP contribution in [0.25, 0.3) is 10.9 Å². The largest absolute Gasteiger partial charge is 0.355 e. The van der Waals surface area contributed by atoms with Crippen LogP contribution in [0.5, 0.6) is 0 Å². The predicted octanol–water partition coefficient (Wildman–Crippen LogP) is 7.21. The fourth-order valence-corrected chi connectivity index (χ4v) is 5.06. The number of anilines is 2. The van der Waals surface area contributed by atoms with Crippen LogP contribution in [0.3, 0.4) is 0 Å². The fourth-order valence-electron chi connectivity index (χ4n) is 5.06. The summed E-state index contributed by atoms with van der Waals surface area (Å²) in [7, 11) is 0. The van der Waals surface area contributed by atoms with Crippen molar-refractivity contribution in [3.8, 4) is 0 Å². The molecule has 0 spiro atoms. The minimum Gasteiger partial charge on any atom is -0.355 e. The van der Waals surface area contributed by atoms with E-state index in [9.17, 15) is 0 Å². The van der Waals surface area contributed by atoms with Crippen LogP contribution in [0.1, 0.15) is 73.2 Å². The molecule has 2 aliphatic carbocycles. The topological polar surface area (TPSA) is 24.9 Å². The first-order chi connectivity index (χ1) is 13.8. The lowest BCUT2D eigenvalue weighted by Crippen LogP contribution is -2.10. The van der Waals surface area contributed by atoms with E-state index in [0.29, 0.717) is 0 Å². The molecule has 1 heterocycles. The van der Waals surface area contributed by atoms with Gasteiger partial charge < -0.3 is 5.32 Å². The number of nitrogens with zero attached hydrogens (tertiary/aromatic N) is 1. The molecule has 0 aliphatic heterocycles. The maximum Gasteiger partial charge on any atom is 0.0726 e. The summed E-state index contributed by atoms with van der Waals surface area (Å²) in [6.45, 7) is 2.14. The molecule has 2 heteroatoms. The summed E-state index contributed by atoms with van der Waals surface area (Å²) in [6, 6.07) is 15.8. The maximum atomic E-state index is 5.08. The molecule has 3 aromatic rings. The molecule has 5 rings (SSSR count). The third-order valence-corrected chi connectivity index (χ3v) is 6.68. The molecule has 2 aromatic carbocycles. The second kappa shape index (κ2) is 7.58. The Morgan fingerprint density at radius 2 is 1.64 bits per heavy atom. The first-order valence-corrected chi connectivity index (χ1v) is 11.1. The molecule has 1 saturated carbocycles. The third-order valence-electron chi connectivity index (χ3n) is 6.68. The molecule has 0 bridgehead atoms. The smallest absolute Gasteiger partial charge is 0.0726 e. The zero-order valence-electron chi connectivity index (χ0n) is 16.9. The highest BCUT2D eigenvalue weighted by Crippen LogP contribution is 2.39. The number of fused-ring (bicyclic) bond motifs is 2. The SMILES string of the molecule is Cc1ccc(Nc2c3c(nc4ccc(C5CCCCC5)cc24)CCCC3)cc1. The van der Waals surface area contributed by atoms with Crippen LogP contribution in [0.4, 0.5) is 11.4 Å². The van der Waals surface area contributed by atoms with Gasteiger partial charge in [0.15, 0.2) is 0 Å². The molecule has 0 radical (unpaired) electrons. The number of benzene rings is 2. The average molecular weight is 371 g/mol. The molecule has 0 saturated heterocycles. The monoisotopic (exact) mass is 370 g/mol. The van der Waals surface area contributed by atoms with Gasteiger partial charge in [-0.15, -0.1) is 0 Å². The van der Waals surface area contributed by atoms with E-state index in [1.54, 1.807) is 0 Å². The van der Waals surface area contributed by atoms with E-state index in [4.69, 9.17) is 4.98 Å². The van der Waals surface area contributed by atoms with E-state index in [2.05, 4.69) is 54.7 Å². The molecule has 28 heavy (non-hydrogen) atoms. The Hall–Kier alpha value is -2.35. The van der Waals surface area contributed by atoms with Crippen molar-refractivity contribution in [2.75, 3.05) is 5.32 Å². The van der Waals surface area contributed by atoms with Gasteiger partial charge >= 0.3 is 0 Å². The second-order valence-electron chi connectivity index (χ2n) is 8.72. The zero-order chi connectivity index (χ0) is 18.9. The highest BCUT2D eigenvalue weighted by atomic mass is 14.9. The highest BCUT2D eigenvalue weighted by molar-refractivity contribution is 5.96. The average Bonchev–Trinajstić information content (AvgIpc) is 2.75. The Bertz CT molecular complexity index is 981. The summed E-state index contributed by atoms with van der Waals surface area (Å²) in [5, 5.41) is 5.10. The maximum absolute atomic E-state index is 5.08. The lowest BCUT2D eigenvalue weighted by atomic mass is 9.83. The fraction of sp³-hybridized carbons (Fsp3) is 0.423. The van der Waals surface area contributed by atoms with Gasteiger partial charge in [-0.3, -0.25) is 4.98 Å². The van der Waals surface area contributed by atoms with Crippen molar-refractivity contribution in [2.24, 2.45) is 0 Å². The van der Waals surface area contributed by atoms with Gasteiger partial charge in [0.05, 0.1) is 11.2 Å². The summed E-state index contributed by atoms with van der Waals surface area (Å²) in [4.78, 5) is 5.08. The minimum atomic E-state index is 0.724. The molecule has 2 nitrogen and oxygen atoms in total. The number of hydrogen-bond donors (Lipinski definition) is 1. The molecule has 0 unspecified atom stereocenters. The molecular weight excluding hydrogens is 340 g/mol. The van der Waals surface area contributed by atoms with E-state index < -0.39 is 0 Å². The molecule has 0 atom stereocenters. The van der Waals surface area contributed by atoms with Crippen LogP contribution in [-0.4, -0.2) is 4.98 Å². The van der Waals surface area contributed by atoms with Crippen LogP contribution in [0.15, 0.2) is 42.5 Å². The highest BCUT2D eigenvalue weighted by Gasteiger charge is 2.21. The molecule has 144 valence electrons. The van der Waals surface area contributed by atoms with Crippen molar-refractivity contribution in [1.82, 2.24) is 4.98 Å². The molecule has 1 aromatic heterocycles. The van der Waals surface area contributed by atoms with Gasteiger partial charge in [0.2, 0.25) is 0 Å². The lowest BCUT2D eigenvalue weighted by molar-refractivity contribution is 0.444. The second-order valence-corrected chi connectivity index (χ2v) is 8.72. The Balaban J connectivity index is 1.63. The number of pyridine rings is 1. The van der Waals surface area contributed by atoms with Crippen molar-refractivity contribution in [2.45, 2.75) is 70.6 Å². The number of aromatic nitrogens is 1. The lowest BCUT2D eigenvalue weighted by Gasteiger charge is -2.25. The summed E-state index contributed by atoms with van der Waals surface area (Å²) < 4.78 is 0. The van der Waals surface area contributed by atoms with Crippen molar-refractivity contribution in [3.05, 3.63) is 64.8 Å². The van der Waals surface area contributed by atoms with Crippen LogP contribution in [0, 0.1) is 6.92 Å². The standard InChI is InChI=1S/C26H30N2/c1-18-11-14-21(15-12-18)27-26-22-9-5-6-10-24(22)28-25-16-13-20(17-23(25)26)19-7-3-2-4-8-19/h11-17,19H,2-10H2,1H3,(H,27,28). The van der Waals surface area contributed by atoms with Gasteiger partial charge in [-0.1, -0.05) is 43.0 Å². The Morgan fingerprint density at radius 1 is 0.857 bits per heavy atom. The summed E-state index contributed by atoms with van der Waals surface area (Å²) in [6.07, 6.45) is 11.6. The zero-order valence-corrected chi connectivity index (χ0v) is 16.9. The van der Waals surface area contributed by atoms with Gasteiger partial charge in [0, 0.05) is 16.8 Å². The molecular formula is C26H30N2. The van der Waals surface area contributed by atoms with Crippen LogP contribution >= 0.6 is 0 Å². The Kier molecular flexibility index (Phi) is 4.80. The van der Waals surface area contributed by atoms with Crippen molar-refractivity contribution in [3.63, 3.8) is 0 Å². The molecule has 0 amide bonds. The van der Waals surface area contributed by atoms with E-state index in [0.717, 1.165) is 24.3 Å².